The van der Waals surface area contributed by atoms with Crippen molar-refractivity contribution in [1.29, 1.82) is 0 Å². The number of carbonyl (C=O) groups excluding carboxylic acids is 6. The number of nitrogens with zero attached hydrogens (tertiary/aromatic N) is 1. The highest BCUT2D eigenvalue weighted by Crippen LogP contribution is 2.82. The lowest BCUT2D eigenvalue weighted by Gasteiger charge is -2.52. The van der Waals surface area contributed by atoms with Gasteiger partial charge in [0, 0.05) is 80.0 Å². The third-order valence-electron chi connectivity index (χ3n) is 16.7. The zero-order valence-electron chi connectivity index (χ0n) is 40.5. The van der Waals surface area contributed by atoms with Crippen molar-refractivity contribution in [1.82, 2.24) is 31.5 Å². The van der Waals surface area contributed by atoms with Gasteiger partial charge in [-0.3, -0.25) is 24.1 Å². The minimum absolute atomic E-state index is 0.0351. The molecule has 4 saturated carbocycles. The average Bonchev–Trinajstić information content (AvgIpc) is 4.31. The number of halogens is 3. The molecule has 75 heavy (non-hydrogen) atoms. The first-order valence-electron chi connectivity index (χ1n) is 24.7. The first-order valence-corrected chi connectivity index (χ1v) is 25.9. The van der Waals surface area contributed by atoms with Crippen LogP contribution in [0.2, 0.25) is 0 Å². The number of fused-ring (bicyclic) bond motifs is 19. The summed E-state index contributed by atoms with van der Waals surface area (Å²) in [4.78, 5) is 89.4. The maximum absolute atomic E-state index is 14.8. The number of likely N-dealkylation sites (tertiary alicyclic amines) is 1. The molecule has 7 fully saturated rings. The Labute approximate surface area is 445 Å². The van der Waals surface area contributed by atoms with Gasteiger partial charge in [0.2, 0.25) is 23.6 Å². The van der Waals surface area contributed by atoms with Crippen molar-refractivity contribution in [2.24, 2.45) is 71.0 Å². The Hall–Kier alpha value is -6.50. The van der Waals surface area contributed by atoms with Crippen LogP contribution in [0.4, 0.5) is 30.2 Å². The molecular weight excluding hydrogens is 1040 g/mol. The molecule has 8 N–H and O–H groups in total. The maximum atomic E-state index is 14.8. The number of carbonyl (C=O) groups is 6. The van der Waals surface area contributed by atoms with Crippen molar-refractivity contribution >= 4 is 105 Å². The molecule has 3 aromatic rings. The van der Waals surface area contributed by atoms with E-state index < -0.39 is 135 Å². The Balaban J connectivity index is 0.900. The monoisotopic (exact) mass is 1090 g/mol. The van der Waals surface area contributed by atoms with Gasteiger partial charge in [0.15, 0.2) is 26.5 Å². The number of rotatable bonds is 16. The second-order valence-electron chi connectivity index (χ2n) is 20.1. The predicted molar refractivity (Wildman–Crippen MR) is 276 cm³/mol. The van der Waals surface area contributed by atoms with Crippen molar-refractivity contribution in [2.75, 3.05) is 69.4 Å². The van der Waals surface area contributed by atoms with E-state index in [2.05, 4.69) is 42.5 Å². The quantitative estimate of drug-likeness (QED) is 0.0446. The van der Waals surface area contributed by atoms with Crippen LogP contribution in [0, 0.1) is 88.5 Å². The smallest absolute Gasteiger partial charge is 0.338 e. The highest BCUT2D eigenvalue weighted by Gasteiger charge is 2.92. The summed E-state index contributed by atoms with van der Waals surface area (Å²) in [7, 11) is 2.44. The number of thiocarbonyl (C=S) groups is 3. The van der Waals surface area contributed by atoms with Gasteiger partial charge in [-0.15, -0.1) is 0 Å². The molecule has 4 aliphatic carbocycles. The van der Waals surface area contributed by atoms with E-state index in [0.29, 0.717) is 23.5 Å². The van der Waals surface area contributed by atoms with Gasteiger partial charge < -0.3 is 56.7 Å². The fourth-order valence-electron chi connectivity index (χ4n) is 14.6. The summed E-state index contributed by atoms with van der Waals surface area (Å²) in [5.41, 5.74) is -2.08. The fourth-order valence-corrected chi connectivity index (χ4v) is 15.2. The number of amides is 4. The standard InChI is InChI=1S/C51H54F3N9O9S3/c1-70-45(68)50-37-29-21-30(34(42(65)56-16-18-58-48(74)61-27-11-5-24(53)6-12-27)33(29)41(64)55-15-17-57-47(73)60-26-9-3-23(52)4-10-26)38(37)51(72-50,46(69)71-2)40-32-22-31(39(40)50)35-36(32)44(67)63(43(35)66)20-19-59-49(75)62-28-13-7-25(54)8-14-28/h3-14,29-40H,15-22H2,1-2H3,(H,55,64)(H,56,65)(H2,57,60,73)(H2,58,61,74)(H2,59,62,75)/t29-,30+,31+,32-,33-,34+,35+,36-,37-,38+,39+,40-,50-,51+. The van der Waals surface area contributed by atoms with Crippen molar-refractivity contribution < 1.29 is 56.1 Å². The zero-order valence-corrected chi connectivity index (χ0v) is 42.9. The Morgan fingerprint density at radius 1 is 0.533 bits per heavy atom. The van der Waals surface area contributed by atoms with E-state index in [-0.39, 0.29) is 61.0 Å². The minimum Gasteiger partial charge on any atom is -0.467 e. The highest BCUT2D eigenvalue weighted by atomic mass is 32.1. The molecular formula is C51H54F3N9O9S3. The number of methoxy groups -OCH3 is 2. The summed E-state index contributed by atoms with van der Waals surface area (Å²) in [6.45, 7) is 0.504. The molecule has 3 aromatic carbocycles. The van der Waals surface area contributed by atoms with Crippen LogP contribution in [0.1, 0.15) is 12.8 Å². The molecule has 3 aliphatic heterocycles. The molecule has 0 spiro atoms. The first-order chi connectivity index (χ1) is 36.0. The van der Waals surface area contributed by atoms with Crippen molar-refractivity contribution in [3.63, 3.8) is 0 Å². The molecule has 14 atom stereocenters. The van der Waals surface area contributed by atoms with E-state index in [4.69, 9.17) is 50.9 Å². The molecule has 3 saturated heterocycles. The third kappa shape index (κ3) is 8.79. The molecule has 10 rings (SSSR count). The van der Waals surface area contributed by atoms with Crippen LogP contribution in [-0.4, -0.2) is 120 Å². The van der Waals surface area contributed by atoms with Gasteiger partial charge >= 0.3 is 11.9 Å². The number of hydrogen-bond acceptors (Lipinski definition) is 12. The van der Waals surface area contributed by atoms with Crippen LogP contribution < -0.4 is 42.5 Å². The molecule has 7 aliphatic rings. The highest BCUT2D eigenvalue weighted by molar-refractivity contribution is 7.80. The normalized spacial score (nSPS) is 31.7. The molecule has 3 heterocycles. The number of benzene rings is 3. The Morgan fingerprint density at radius 3 is 1.21 bits per heavy atom. The van der Waals surface area contributed by atoms with Gasteiger partial charge in [-0.2, -0.15) is 0 Å². The third-order valence-corrected chi connectivity index (χ3v) is 17.4. The summed E-state index contributed by atoms with van der Waals surface area (Å²) < 4.78 is 58.8. The lowest BCUT2D eigenvalue weighted by atomic mass is 9.46. The van der Waals surface area contributed by atoms with Gasteiger partial charge in [-0.1, -0.05) is 0 Å². The lowest BCUT2D eigenvalue weighted by molar-refractivity contribution is -0.188. The maximum Gasteiger partial charge on any atom is 0.338 e. The van der Waals surface area contributed by atoms with Crippen LogP contribution >= 0.6 is 36.7 Å². The molecule has 0 radical (unpaired) electrons. The lowest BCUT2D eigenvalue weighted by Crippen LogP contribution is -2.65. The summed E-state index contributed by atoms with van der Waals surface area (Å²) in [5.74, 6) is -14.1. The van der Waals surface area contributed by atoms with E-state index in [9.17, 15) is 41.9 Å². The summed E-state index contributed by atoms with van der Waals surface area (Å²) in [5, 5.41) is 24.4. The zero-order chi connectivity index (χ0) is 53.1. The van der Waals surface area contributed by atoms with E-state index >= 15 is 0 Å². The number of imide groups is 1. The van der Waals surface area contributed by atoms with Crippen molar-refractivity contribution in [3.8, 4) is 0 Å². The number of hydrogen-bond donors (Lipinski definition) is 8. The van der Waals surface area contributed by atoms with Crippen LogP contribution in [0.3, 0.4) is 0 Å². The summed E-state index contributed by atoms with van der Waals surface area (Å²) >= 11 is 16.2. The number of nitrogens with one attached hydrogen (secondary N) is 8. The van der Waals surface area contributed by atoms with E-state index in [1.54, 1.807) is 0 Å². The molecule has 396 valence electrons. The van der Waals surface area contributed by atoms with Crippen molar-refractivity contribution in [2.45, 2.75) is 24.0 Å². The molecule has 18 nitrogen and oxygen atoms in total. The molecule has 24 heteroatoms. The second-order valence-corrected chi connectivity index (χ2v) is 21.3. The number of anilines is 3. The number of ether oxygens (including phenoxy) is 3. The van der Waals surface area contributed by atoms with E-state index in [1.807, 2.05) is 0 Å². The van der Waals surface area contributed by atoms with E-state index in [1.165, 1.54) is 91.9 Å². The van der Waals surface area contributed by atoms with Crippen LogP contribution in [0.15, 0.2) is 72.8 Å². The van der Waals surface area contributed by atoms with Gasteiger partial charge in [-0.05, 0) is 146 Å². The van der Waals surface area contributed by atoms with Gasteiger partial charge in [0.05, 0.1) is 37.9 Å². The molecule has 0 aromatic heterocycles. The average molecular weight is 1090 g/mol. The largest absolute Gasteiger partial charge is 0.467 e. The fraction of sp³-hybridized carbons (Fsp3) is 0.471. The second kappa shape index (κ2) is 20.6. The molecule has 0 unspecified atom stereocenters. The van der Waals surface area contributed by atoms with Gasteiger partial charge in [0.25, 0.3) is 0 Å². The Bertz CT molecular complexity index is 2680. The van der Waals surface area contributed by atoms with Crippen LogP contribution in [-0.2, 0) is 43.0 Å². The number of esters is 2. The van der Waals surface area contributed by atoms with Gasteiger partial charge in [0.1, 0.15) is 17.5 Å². The molecule has 4 amide bonds. The summed E-state index contributed by atoms with van der Waals surface area (Å²) in [6.07, 6.45) is 0.609. The molecule has 6 bridgehead atoms. The SMILES string of the molecule is COC(=O)[C@]12O[C@](C(=O)OC)([C@@H]3[C@@H]4C[C@@H]([C@H](C(=O)NCCNC(=S)Nc5ccc(F)cc5)[C@@H]4C(=O)NCCNC(=S)Nc4ccc(F)cc4)[C@@H]31)[C@H]1[C@H]3C[C@H]([C@H]4C(=O)N(CCNC(=S)Nc5ccc(F)cc5)C(=O)[C@@H]34)[C@H]12. The Morgan fingerprint density at radius 2 is 0.853 bits per heavy atom. The van der Waals surface area contributed by atoms with Gasteiger partial charge in [-0.25, -0.2) is 22.8 Å². The predicted octanol–water partition coefficient (Wildman–Crippen LogP) is 3.06. The summed E-state index contributed by atoms with van der Waals surface area (Å²) in [6, 6.07) is 16.8. The van der Waals surface area contributed by atoms with Crippen LogP contribution in [0.25, 0.3) is 0 Å². The van der Waals surface area contributed by atoms with Crippen LogP contribution in [0.5, 0.6) is 0 Å². The topological polar surface area (TPSA) is 230 Å². The Kier molecular flexibility index (Phi) is 14.2. The first kappa shape index (κ1) is 52.0. The minimum atomic E-state index is -1.85. The van der Waals surface area contributed by atoms with E-state index in [0.717, 1.165) is 0 Å². The van der Waals surface area contributed by atoms with Crippen molar-refractivity contribution in [3.05, 3.63) is 90.2 Å².